The molecule has 6 heteroatoms. The third-order valence-electron chi connectivity index (χ3n) is 3.62. The van der Waals surface area contributed by atoms with Crippen LogP contribution in [0.25, 0.3) is 0 Å². The van der Waals surface area contributed by atoms with Crippen LogP contribution in [0.4, 0.5) is 11.4 Å². The first-order chi connectivity index (χ1) is 10.1. The van der Waals surface area contributed by atoms with Crippen molar-refractivity contribution in [3.05, 3.63) is 55.8 Å². The van der Waals surface area contributed by atoms with Crippen LogP contribution in [0, 0.1) is 10.1 Å². The minimum Gasteiger partial charge on any atom is -0.322 e. The van der Waals surface area contributed by atoms with Gasteiger partial charge >= 0.3 is 0 Å². The average Bonchev–Trinajstić information content (AvgIpc) is 2.91. The van der Waals surface area contributed by atoms with Gasteiger partial charge in [0.05, 0.1) is 10.5 Å². The first kappa shape index (κ1) is 13.8. The number of non-ortho nitro benzene ring substituents is 1. The van der Waals surface area contributed by atoms with Crippen LogP contribution < -0.4 is 5.32 Å². The number of benzene rings is 1. The van der Waals surface area contributed by atoms with Crippen molar-refractivity contribution >= 4 is 28.6 Å². The molecule has 1 aliphatic rings. The molecule has 21 heavy (non-hydrogen) atoms. The predicted octanol–water partition coefficient (Wildman–Crippen LogP) is 3.79. The lowest BCUT2D eigenvalue weighted by atomic mass is 9.95. The molecule has 1 amide bonds. The molecule has 0 fully saturated rings. The number of fused-ring (bicyclic) bond motifs is 1. The highest BCUT2D eigenvalue weighted by atomic mass is 32.1. The van der Waals surface area contributed by atoms with Gasteiger partial charge in [0.1, 0.15) is 0 Å². The van der Waals surface area contributed by atoms with Gasteiger partial charge in [0.15, 0.2) is 0 Å². The molecule has 1 N–H and O–H groups in total. The van der Waals surface area contributed by atoms with Crippen LogP contribution in [0.2, 0.25) is 0 Å². The van der Waals surface area contributed by atoms with Crippen LogP contribution >= 0.6 is 11.3 Å². The number of carbonyl (C=O) groups is 1. The summed E-state index contributed by atoms with van der Waals surface area (Å²) < 4.78 is 0. The molecule has 0 saturated carbocycles. The van der Waals surface area contributed by atoms with E-state index in [0.717, 1.165) is 24.8 Å². The summed E-state index contributed by atoms with van der Waals surface area (Å²) in [4.78, 5) is 23.9. The fourth-order valence-electron chi connectivity index (χ4n) is 2.58. The van der Waals surface area contributed by atoms with E-state index in [9.17, 15) is 14.9 Å². The molecule has 0 aliphatic heterocycles. The quantitative estimate of drug-likeness (QED) is 0.692. The lowest BCUT2D eigenvalue weighted by Crippen LogP contribution is -2.14. The number of nitrogens with zero attached hydrogens (tertiary/aromatic N) is 1. The Morgan fingerprint density at radius 2 is 2.10 bits per heavy atom. The van der Waals surface area contributed by atoms with E-state index in [1.54, 1.807) is 23.5 Å². The number of hydrogen-bond acceptors (Lipinski definition) is 4. The average molecular weight is 302 g/mol. The lowest BCUT2D eigenvalue weighted by molar-refractivity contribution is -0.384. The van der Waals surface area contributed by atoms with Gasteiger partial charge in [-0.2, -0.15) is 0 Å². The summed E-state index contributed by atoms with van der Waals surface area (Å²) in [6.07, 6.45) is 4.28. The Bertz CT molecular complexity index is 709. The Labute approximate surface area is 125 Å². The largest absolute Gasteiger partial charge is 0.322 e. The number of nitro groups is 1. The number of anilines is 1. The molecule has 3 rings (SSSR count). The van der Waals surface area contributed by atoms with Gasteiger partial charge in [-0.15, -0.1) is 11.3 Å². The van der Waals surface area contributed by atoms with Crippen molar-refractivity contribution in [2.24, 2.45) is 0 Å². The van der Waals surface area contributed by atoms with Crippen LogP contribution in [-0.4, -0.2) is 10.8 Å². The SMILES string of the molecule is O=C(Nc1cccc([N+](=O)[O-])c1)c1csc2c1CCCC2. The molecule has 0 unspecified atom stereocenters. The van der Waals surface area contributed by atoms with Crippen LogP contribution in [0.15, 0.2) is 29.6 Å². The Hall–Kier alpha value is -2.21. The zero-order valence-corrected chi connectivity index (χ0v) is 12.1. The van der Waals surface area contributed by atoms with Crippen LogP contribution in [-0.2, 0) is 12.8 Å². The van der Waals surface area contributed by atoms with Gasteiger partial charge in [0, 0.05) is 28.1 Å². The molecule has 2 aromatic rings. The maximum atomic E-state index is 12.4. The van der Waals surface area contributed by atoms with Crippen molar-refractivity contribution < 1.29 is 9.72 Å². The number of thiophene rings is 1. The van der Waals surface area contributed by atoms with Crippen molar-refractivity contribution in [2.75, 3.05) is 5.32 Å². The normalized spacial score (nSPS) is 13.5. The van der Waals surface area contributed by atoms with Crippen molar-refractivity contribution in [2.45, 2.75) is 25.7 Å². The zero-order valence-electron chi connectivity index (χ0n) is 11.3. The van der Waals surface area contributed by atoms with E-state index in [-0.39, 0.29) is 11.6 Å². The molecule has 0 radical (unpaired) electrons. The summed E-state index contributed by atoms with van der Waals surface area (Å²) in [5.41, 5.74) is 2.28. The van der Waals surface area contributed by atoms with Crippen molar-refractivity contribution in [3.8, 4) is 0 Å². The smallest absolute Gasteiger partial charge is 0.271 e. The number of aryl methyl sites for hydroxylation is 1. The maximum Gasteiger partial charge on any atom is 0.271 e. The molecule has 1 aromatic heterocycles. The lowest BCUT2D eigenvalue weighted by Gasteiger charge is -2.12. The molecular weight excluding hydrogens is 288 g/mol. The van der Waals surface area contributed by atoms with Crippen LogP contribution in [0.5, 0.6) is 0 Å². The summed E-state index contributed by atoms with van der Waals surface area (Å²) in [7, 11) is 0. The Balaban J connectivity index is 1.82. The molecule has 1 aromatic carbocycles. The van der Waals surface area contributed by atoms with Crippen LogP contribution in [0.1, 0.15) is 33.6 Å². The van der Waals surface area contributed by atoms with E-state index in [1.165, 1.54) is 23.4 Å². The summed E-state index contributed by atoms with van der Waals surface area (Å²) >= 11 is 1.63. The standard InChI is InChI=1S/C15H14N2O3S/c18-15(13-9-21-14-7-2-1-6-12(13)14)16-10-4-3-5-11(8-10)17(19)20/h3-5,8-9H,1-2,6-7H2,(H,16,18). The third-order valence-corrected chi connectivity index (χ3v) is 4.71. The van der Waals surface area contributed by atoms with E-state index in [4.69, 9.17) is 0 Å². The molecule has 0 spiro atoms. The molecular formula is C15H14N2O3S. The van der Waals surface area contributed by atoms with E-state index in [1.807, 2.05) is 5.38 Å². The molecule has 0 atom stereocenters. The maximum absolute atomic E-state index is 12.4. The minimum atomic E-state index is -0.470. The topological polar surface area (TPSA) is 72.2 Å². The number of carbonyl (C=O) groups excluding carboxylic acids is 1. The van der Waals surface area contributed by atoms with Gasteiger partial charge in [-0.25, -0.2) is 0 Å². The Morgan fingerprint density at radius 3 is 2.90 bits per heavy atom. The van der Waals surface area contributed by atoms with Gasteiger partial charge in [-0.05, 0) is 37.3 Å². The molecule has 108 valence electrons. The fourth-order valence-corrected chi connectivity index (χ4v) is 3.71. The number of amides is 1. The minimum absolute atomic E-state index is 0.0276. The number of nitrogens with one attached hydrogen (secondary N) is 1. The number of rotatable bonds is 3. The Morgan fingerprint density at radius 1 is 1.29 bits per heavy atom. The van der Waals surface area contributed by atoms with Crippen molar-refractivity contribution in [1.29, 1.82) is 0 Å². The van der Waals surface area contributed by atoms with Gasteiger partial charge in [0.25, 0.3) is 11.6 Å². The molecule has 0 bridgehead atoms. The van der Waals surface area contributed by atoms with E-state index < -0.39 is 4.92 Å². The number of nitro benzene ring substituents is 1. The second kappa shape index (κ2) is 5.65. The highest BCUT2D eigenvalue weighted by Gasteiger charge is 2.20. The van der Waals surface area contributed by atoms with Gasteiger partial charge < -0.3 is 5.32 Å². The Kier molecular flexibility index (Phi) is 3.70. The van der Waals surface area contributed by atoms with Gasteiger partial charge in [0.2, 0.25) is 0 Å². The summed E-state index contributed by atoms with van der Waals surface area (Å²) in [6, 6.07) is 6.00. The zero-order chi connectivity index (χ0) is 14.8. The molecule has 0 saturated heterocycles. The first-order valence-electron chi connectivity index (χ1n) is 6.80. The van der Waals surface area contributed by atoms with E-state index >= 15 is 0 Å². The molecule has 1 heterocycles. The van der Waals surface area contributed by atoms with Crippen molar-refractivity contribution in [3.63, 3.8) is 0 Å². The second-order valence-corrected chi connectivity index (χ2v) is 5.98. The van der Waals surface area contributed by atoms with Gasteiger partial charge in [-0.1, -0.05) is 6.07 Å². The van der Waals surface area contributed by atoms with Crippen molar-refractivity contribution in [1.82, 2.24) is 0 Å². The first-order valence-corrected chi connectivity index (χ1v) is 7.68. The van der Waals surface area contributed by atoms with E-state index in [0.29, 0.717) is 11.3 Å². The van der Waals surface area contributed by atoms with Crippen LogP contribution in [0.3, 0.4) is 0 Å². The molecule has 1 aliphatic carbocycles. The fraction of sp³-hybridized carbons (Fsp3) is 0.267. The number of hydrogen-bond donors (Lipinski definition) is 1. The third kappa shape index (κ3) is 2.80. The monoisotopic (exact) mass is 302 g/mol. The summed E-state index contributed by atoms with van der Waals surface area (Å²) in [5, 5.41) is 15.4. The van der Waals surface area contributed by atoms with Gasteiger partial charge in [-0.3, -0.25) is 14.9 Å². The van der Waals surface area contributed by atoms with E-state index in [2.05, 4.69) is 5.32 Å². The highest BCUT2D eigenvalue weighted by molar-refractivity contribution is 7.10. The summed E-state index contributed by atoms with van der Waals surface area (Å²) in [5.74, 6) is -0.185. The predicted molar refractivity (Wildman–Crippen MR) is 82.0 cm³/mol. The second-order valence-electron chi connectivity index (χ2n) is 5.02. The molecule has 5 nitrogen and oxygen atoms in total. The summed E-state index contributed by atoms with van der Waals surface area (Å²) in [6.45, 7) is 0. The highest BCUT2D eigenvalue weighted by Crippen LogP contribution is 2.30.